The number of aromatic nitrogens is 6. The average Bonchev–Trinajstić information content (AvgIpc) is 3.43. The molecule has 0 radical (unpaired) electrons. The van der Waals surface area contributed by atoms with Crippen molar-refractivity contribution in [2.45, 2.75) is 12.8 Å². The van der Waals surface area contributed by atoms with E-state index in [1.807, 2.05) is 12.1 Å². The van der Waals surface area contributed by atoms with Crippen LogP contribution in [-0.2, 0) is 4.79 Å². The predicted molar refractivity (Wildman–Crippen MR) is 110 cm³/mol. The molecule has 1 aromatic carbocycles. The van der Waals surface area contributed by atoms with Crippen LogP contribution in [0.2, 0.25) is 0 Å². The number of hydrogen-bond donors (Lipinski definition) is 1. The molecule has 0 atom stereocenters. The smallest absolute Gasteiger partial charge is 0.229 e. The van der Waals surface area contributed by atoms with E-state index >= 15 is 0 Å². The van der Waals surface area contributed by atoms with Crippen molar-refractivity contribution < 1.29 is 9.18 Å². The number of carbonyl (C=O) groups excluding carboxylic acids is 1. The Balaban J connectivity index is 1.19. The van der Waals surface area contributed by atoms with Crippen molar-refractivity contribution >= 4 is 34.0 Å². The van der Waals surface area contributed by atoms with Crippen LogP contribution in [0.3, 0.4) is 0 Å². The van der Waals surface area contributed by atoms with Gasteiger partial charge in [-0.2, -0.15) is 13.9 Å². The average molecular weight is 424 g/mol. The van der Waals surface area contributed by atoms with E-state index in [1.165, 1.54) is 12.1 Å². The second-order valence-corrected chi connectivity index (χ2v) is 7.76. The van der Waals surface area contributed by atoms with Crippen LogP contribution in [-0.4, -0.2) is 48.2 Å². The second-order valence-electron chi connectivity index (χ2n) is 7.01. The first-order chi connectivity index (χ1) is 14.7. The maximum atomic E-state index is 13.1. The van der Waals surface area contributed by atoms with E-state index in [-0.39, 0.29) is 17.6 Å². The summed E-state index contributed by atoms with van der Waals surface area (Å²) in [7, 11) is 0. The molecule has 4 heterocycles. The lowest BCUT2D eigenvalue weighted by atomic mass is 9.96. The van der Waals surface area contributed by atoms with Gasteiger partial charge < -0.3 is 10.2 Å². The zero-order chi connectivity index (χ0) is 20.5. The van der Waals surface area contributed by atoms with Crippen LogP contribution in [0.4, 0.5) is 15.3 Å². The predicted octanol–water partition coefficient (Wildman–Crippen LogP) is 2.64. The summed E-state index contributed by atoms with van der Waals surface area (Å²) in [6.07, 6.45) is 3.01. The van der Waals surface area contributed by atoms with E-state index in [9.17, 15) is 9.18 Å². The number of amides is 1. The molecule has 1 N–H and O–H groups in total. The molecule has 4 aromatic rings. The van der Waals surface area contributed by atoms with Crippen LogP contribution in [0.25, 0.3) is 17.0 Å². The number of rotatable bonds is 4. The first-order valence-electron chi connectivity index (χ1n) is 9.48. The van der Waals surface area contributed by atoms with E-state index in [1.54, 1.807) is 23.0 Å². The molecule has 1 amide bonds. The number of nitrogens with one attached hydrogen (secondary N) is 1. The Morgan fingerprint density at radius 1 is 1.13 bits per heavy atom. The second kappa shape index (κ2) is 7.75. The molecule has 0 saturated carbocycles. The Bertz CT molecular complexity index is 1180. The quantitative estimate of drug-likeness (QED) is 0.537. The molecule has 3 aromatic heterocycles. The highest BCUT2D eigenvalue weighted by molar-refractivity contribution is 7.10. The van der Waals surface area contributed by atoms with E-state index < -0.39 is 0 Å². The molecule has 0 spiro atoms. The molecule has 1 aliphatic rings. The zero-order valence-electron chi connectivity index (χ0n) is 15.8. The largest absolute Gasteiger partial charge is 0.355 e. The summed E-state index contributed by atoms with van der Waals surface area (Å²) in [5, 5.41) is 15.6. The Morgan fingerprint density at radius 2 is 1.93 bits per heavy atom. The maximum absolute atomic E-state index is 13.1. The molecule has 1 fully saturated rings. The summed E-state index contributed by atoms with van der Waals surface area (Å²) in [6.45, 7) is 1.46. The number of fused-ring (bicyclic) bond motifs is 1. The highest BCUT2D eigenvalue weighted by Crippen LogP contribution is 2.25. The van der Waals surface area contributed by atoms with Crippen LogP contribution in [0.1, 0.15) is 12.8 Å². The summed E-state index contributed by atoms with van der Waals surface area (Å²) < 4.78 is 19.0. The van der Waals surface area contributed by atoms with Crippen molar-refractivity contribution in [1.82, 2.24) is 29.2 Å². The monoisotopic (exact) mass is 424 g/mol. The van der Waals surface area contributed by atoms with Gasteiger partial charge in [-0.25, -0.2) is 4.39 Å². The van der Waals surface area contributed by atoms with E-state index in [0.29, 0.717) is 22.2 Å². The normalized spacial score (nSPS) is 14.9. The van der Waals surface area contributed by atoms with Crippen molar-refractivity contribution in [2.75, 3.05) is 23.3 Å². The lowest BCUT2D eigenvalue weighted by Crippen LogP contribution is -2.38. The van der Waals surface area contributed by atoms with Crippen molar-refractivity contribution in [3.8, 4) is 11.4 Å². The molecule has 152 valence electrons. The van der Waals surface area contributed by atoms with Gasteiger partial charge in [-0.1, -0.05) is 0 Å². The molecular weight excluding hydrogens is 407 g/mol. The van der Waals surface area contributed by atoms with Gasteiger partial charge in [0.2, 0.25) is 11.0 Å². The summed E-state index contributed by atoms with van der Waals surface area (Å²) in [6, 6.07) is 9.75. The van der Waals surface area contributed by atoms with E-state index in [0.717, 1.165) is 43.3 Å². The van der Waals surface area contributed by atoms with Gasteiger partial charge in [0.25, 0.3) is 0 Å². The van der Waals surface area contributed by atoms with E-state index in [2.05, 4.69) is 34.9 Å². The fraction of sp³-hybridized carbons (Fsp3) is 0.263. The lowest BCUT2D eigenvalue weighted by Gasteiger charge is -2.31. The molecule has 30 heavy (non-hydrogen) atoms. The summed E-state index contributed by atoms with van der Waals surface area (Å²) in [4.78, 5) is 19.2. The minimum atomic E-state index is -0.314. The Kier molecular flexibility index (Phi) is 4.79. The van der Waals surface area contributed by atoms with Crippen LogP contribution in [0.15, 0.2) is 42.7 Å². The number of halogens is 1. The summed E-state index contributed by atoms with van der Waals surface area (Å²) >= 11 is 1.12. The lowest BCUT2D eigenvalue weighted by molar-refractivity contribution is -0.120. The molecule has 1 saturated heterocycles. The number of carbonyl (C=O) groups is 1. The minimum Gasteiger partial charge on any atom is -0.355 e. The van der Waals surface area contributed by atoms with Gasteiger partial charge in [-0.15, -0.1) is 15.3 Å². The molecule has 0 bridgehead atoms. The van der Waals surface area contributed by atoms with Gasteiger partial charge in [0, 0.05) is 36.1 Å². The fourth-order valence-corrected chi connectivity index (χ4v) is 4.05. The zero-order valence-corrected chi connectivity index (χ0v) is 16.6. The standard InChI is InChI=1S/C19H17FN8OS/c20-14-3-1-12(2-4-14)17-22-19(30-26-17)23-18(29)13-7-9-27(10-8-13)16-6-5-15-24-21-11-28(15)25-16/h1-6,11,13H,7-10H2,(H,22,23,26,29). The molecule has 9 nitrogen and oxygen atoms in total. The molecule has 11 heteroatoms. The van der Waals surface area contributed by atoms with Crippen LogP contribution in [0, 0.1) is 11.7 Å². The van der Waals surface area contributed by atoms with Gasteiger partial charge >= 0.3 is 0 Å². The van der Waals surface area contributed by atoms with Gasteiger partial charge in [0.05, 0.1) is 0 Å². The minimum absolute atomic E-state index is 0.0568. The Labute approximate surface area is 174 Å². The third-order valence-electron chi connectivity index (χ3n) is 5.10. The SMILES string of the molecule is O=C(Nc1nc(-c2ccc(F)cc2)ns1)C1CCN(c2ccc3nncn3n2)CC1. The third kappa shape index (κ3) is 3.71. The van der Waals surface area contributed by atoms with Gasteiger partial charge in [-0.3, -0.25) is 4.79 Å². The first-order valence-corrected chi connectivity index (χ1v) is 10.3. The third-order valence-corrected chi connectivity index (χ3v) is 5.73. The maximum Gasteiger partial charge on any atom is 0.229 e. The van der Waals surface area contributed by atoms with Crippen molar-refractivity contribution in [1.29, 1.82) is 0 Å². The highest BCUT2D eigenvalue weighted by atomic mass is 32.1. The van der Waals surface area contributed by atoms with Gasteiger partial charge in [-0.05, 0) is 49.2 Å². The number of benzene rings is 1. The summed E-state index contributed by atoms with van der Waals surface area (Å²) in [5.74, 6) is 0.845. The molecule has 0 aliphatic carbocycles. The first kappa shape index (κ1) is 18.6. The molecule has 1 aliphatic heterocycles. The van der Waals surface area contributed by atoms with Crippen molar-refractivity contribution in [2.24, 2.45) is 5.92 Å². The Morgan fingerprint density at radius 3 is 2.73 bits per heavy atom. The molecule has 5 rings (SSSR count). The number of anilines is 2. The number of hydrogen-bond acceptors (Lipinski definition) is 8. The van der Waals surface area contributed by atoms with Crippen LogP contribution < -0.4 is 10.2 Å². The molecular formula is C19H17FN8OS. The Hall–Kier alpha value is -3.47. The highest BCUT2D eigenvalue weighted by Gasteiger charge is 2.26. The fourth-order valence-electron chi connectivity index (χ4n) is 3.46. The van der Waals surface area contributed by atoms with Crippen molar-refractivity contribution in [3.05, 3.63) is 48.5 Å². The van der Waals surface area contributed by atoms with Gasteiger partial charge in [0.15, 0.2) is 11.5 Å². The van der Waals surface area contributed by atoms with Crippen molar-refractivity contribution in [3.63, 3.8) is 0 Å². The summed E-state index contributed by atoms with van der Waals surface area (Å²) in [5.41, 5.74) is 1.41. The van der Waals surface area contributed by atoms with Crippen LogP contribution >= 0.6 is 11.5 Å². The number of nitrogens with zero attached hydrogens (tertiary/aromatic N) is 7. The number of piperidine rings is 1. The van der Waals surface area contributed by atoms with Gasteiger partial charge in [0.1, 0.15) is 18.0 Å². The molecule has 0 unspecified atom stereocenters. The van der Waals surface area contributed by atoms with Crippen LogP contribution in [0.5, 0.6) is 0 Å². The topological polar surface area (TPSA) is 101 Å². The van der Waals surface area contributed by atoms with E-state index in [4.69, 9.17) is 0 Å².